The van der Waals surface area contributed by atoms with Gasteiger partial charge in [-0.05, 0) is 17.7 Å². The maximum absolute atomic E-state index is 10.5. The highest BCUT2D eigenvalue weighted by molar-refractivity contribution is 9.12. The van der Waals surface area contributed by atoms with Gasteiger partial charge in [0.1, 0.15) is 0 Å². The van der Waals surface area contributed by atoms with Gasteiger partial charge in [-0.3, -0.25) is 4.79 Å². The second kappa shape index (κ2) is 5.00. The summed E-state index contributed by atoms with van der Waals surface area (Å²) in [7, 11) is 0. The SMILES string of the molecule is CCOC(=O)C(=O)C#CBr. The molecule has 10 heavy (non-hydrogen) atoms. The number of carbonyl (C=O) groups is 2. The molecule has 0 atom stereocenters. The summed E-state index contributed by atoms with van der Waals surface area (Å²) in [6, 6.07) is 0. The van der Waals surface area contributed by atoms with E-state index in [0.717, 1.165) is 0 Å². The van der Waals surface area contributed by atoms with Crippen molar-refractivity contribution in [3.63, 3.8) is 0 Å². The zero-order valence-electron chi connectivity index (χ0n) is 5.31. The van der Waals surface area contributed by atoms with E-state index >= 15 is 0 Å². The predicted molar refractivity (Wildman–Crippen MR) is 38.3 cm³/mol. The molecule has 0 aliphatic carbocycles. The minimum Gasteiger partial charge on any atom is -0.459 e. The van der Waals surface area contributed by atoms with Crippen LogP contribution in [0.1, 0.15) is 6.92 Å². The van der Waals surface area contributed by atoms with Crippen molar-refractivity contribution in [2.75, 3.05) is 6.61 Å². The number of hydrogen-bond donors (Lipinski definition) is 0. The Morgan fingerprint density at radius 2 is 2.20 bits per heavy atom. The summed E-state index contributed by atoms with van der Waals surface area (Å²) in [4.78, 5) is 23.0. The van der Waals surface area contributed by atoms with Crippen molar-refractivity contribution >= 4 is 27.7 Å². The van der Waals surface area contributed by atoms with Gasteiger partial charge in [-0.1, -0.05) is 0 Å². The van der Waals surface area contributed by atoms with Crippen molar-refractivity contribution in [2.24, 2.45) is 0 Å². The van der Waals surface area contributed by atoms with E-state index in [-0.39, 0.29) is 6.61 Å². The maximum Gasteiger partial charge on any atom is 0.388 e. The average molecular weight is 205 g/mol. The van der Waals surface area contributed by atoms with Gasteiger partial charge in [0.05, 0.1) is 6.61 Å². The molecule has 0 aliphatic heterocycles. The monoisotopic (exact) mass is 204 g/mol. The van der Waals surface area contributed by atoms with Gasteiger partial charge in [0, 0.05) is 15.9 Å². The first-order chi connectivity index (χ1) is 4.72. The van der Waals surface area contributed by atoms with E-state index in [4.69, 9.17) is 0 Å². The van der Waals surface area contributed by atoms with Gasteiger partial charge in [0.25, 0.3) is 0 Å². The second-order valence-electron chi connectivity index (χ2n) is 1.27. The molecule has 0 aromatic heterocycles. The minimum absolute atomic E-state index is 0.189. The van der Waals surface area contributed by atoms with Crippen molar-refractivity contribution in [3.8, 4) is 10.8 Å². The molecule has 0 bridgehead atoms. The van der Waals surface area contributed by atoms with Gasteiger partial charge in [-0.25, -0.2) is 4.79 Å². The van der Waals surface area contributed by atoms with E-state index in [1.807, 2.05) is 5.92 Å². The van der Waals surface area contributed by atoms with Gasteiger partial charge in [0.2, 0.25) is 0 Å². The van der Waals surface area contributed by atoms with Crippen LogP contribution in [0.5, 0.6) is 0 Å². The molecule has 0 amide bonds. The van der Waals surface area contributed by atoms with Crippen molar-refractivity contribution < 1.29 is 14.3 Å². The van der Waals surface area contributed by atoms with Crippen LogP contribution in [0.25, 0.3) is 0 Å². The fourth-order valence-electron chi connectivity index (χ4n) is 0.291. The average Bonchev–Trinajstić information content (AvgIpc) is 1.89. The summed E-state index contributed by atoms with van der Waals surface area (Å²) in [5, 5.41) is 0. The quantitative estimate of drug-likeness (QED) is 0.374. The summed E-state index contributed by atoms with van der Waals surface area (Å²) < 4.78 is 4.34. The molecule has 0 aromatic carbocycles. The topological polar surface area (TPSA) is 43.4 Å². The standard InChI is InChI=1S/C6H5BrO3/c1-2-10-6(9)5(8)3-4-7/h2H2,1H3. The van der Waals surface area contributed by atoms with E-state index in [1.165, 1.54) is 0 Å². The van der Waals surface area contributed by atoms with E-state index in [9.17, 15) is 9.59 Å². The van der Waals surface area contributed by atoms with Crippen LogP contribution in [0.4, 0.5) is 0 Å². The Kier molecular flexibility index (Phi) is 4.59. The van der Waals surface area contributed by atoms with Crippen LogP contribution in [-0.4, -0.2) is 18.4 Å². The summed E-state index contributed by atoms with van der Waals surface area (Å²) in [6.07, 6.45) is 0. The molecule has 0 saturated heterocycles. The normalized spacial score (nSPS) is 7.40. The molecular weight excluding hydrogens is 200 g/mol. The summed E-state index contributed by atoms with van der Waals surface area (Å²) >= 11 is 2.68. The van der Waals surface area contributed by atoms with E-state index in [0.29, 0.717) is 0 Å². The van der Waals surface area contributed by atoms with E-state index < -0.39 is 11.8 Å². The Hall–Kier alpha value is -0.820. The lowest BCUT2D eigenvalue weighted by Crippen LogP contribution is -2.14. The number of rotatable bonds is 2. The lowest BCUT2D eigenvalue weighted by Gasteiger charge is -1.92. The number of Topliss-reactive ketones (excluding diaryl/α,β-unsaturated/α-hetero) is 1. The number of ether oxygens (including phenoxy) is 1. The van der Waals surface area contributed by atoms with Crippen LogP contribution in [0.15, 0.2) is 0 Å². The zero-order chi connectivity index (χ0) is 7.98. The van der Waals surface area contributed by atoms with Crippen LogP contribution in [0.3, 0.4) is 0 Å². The predicted octanol–water partition coefficient (Wildman–Crippen LogP) is 0.474. The van der Waals surface area contributed by atoms with Gasteiger partial charge in [-0.15, -0.1) is 0 Å². The van der Waals surface area contributed by atoms with E-state index in [1.54, 1.807) is 6.92 Å². The zero-order valence-corrected chi connectivity index (χ0v) is 6.90. The fourth-order valence-corrected chi connectivity index (χ4v) is 0.471. The Labute approximate surface area is 66.9 Å². The van der Waals surface area contributed by atoms with E-state index in [2.05, 4.69) is 25.5 Å². The van der Waals surface area contributed by atoms with Crippen LogP contribution in [0.2, 0.25) is 0 Å². The molecule has 0 fully saturated rings. The Bertz CT molecular complexity index is 199. The third-order valence-corrected chi connectivity index (χ3v) is 0.820. The molecule has 0 N–H and O–H groups in total. The molecule has 0 unspecified atom stereocenters. The number of carbonyl (C=O) groups excluding carboxylic acids is 2. The molecule has 0 aliphatic rings. The smallest absolute Gasteiger partial charge is 0.388 e. The van der Waals surface area contributed by atoms with Crippen molar-refractivity contribution in [1.82, 2.24) is 0 Å². The van der Waals surface area contributed by atoms with Crippen LogP contribution in [-0.2, 0) is 14.3 Å². The van der Waals surface area contributed by atoms with Crippen LogP contribution in [0, 0.1) is 10.8 Å². The fraction of sp³-hybridized carbons (Fsp3) is 0.333. The van der Waals surface area contributed by atoms with Gasteiger partial charge in [0.15, 0.2) is 0 Å². The second-order valence-corrected chi connectivity index (χ2v) is 1.67. The highest BCUT2D eigenvalue weighted by atomic mass is 79.9. The molecule has 54 valence electrons. The minimum atomic E-state index is -0.908. The molecule has 0 spiro atoms. The molecule has 0 rings (SSSR count). The lowest BCUT2D eigenvalue weighted by atomic mass is 10.4. The summed E-state index contributed by atoms with van der Waals surface area (Å²) in [6.45, 7) is 1.81. The Morgan fingerprint density at radius 1 is 1.60 bits per heavy atom. The lowest BCUT2D eigenvalue weighted by molar-refractivity contribution is -0.150. The van der Waals surface area contributed by atoms with Gasteiger partial charge in [-0.2, -0.15) is 0 Å². The molecular formula is C6H5BrO3. The Morgan fingerprint density at radius 3 is 2.60 bits per heavy atom. The molecule has 4 heteroatoms. The third kappa shape index (κ3) is 3.25. The van der Waals surface area contributed by atoms with Crippen molar-refractivity contribution in [3.05, 3.63) is 0 Å². The highest BCUT2D eigenvalue weighted by Crippen LogP contribution is 1.80. The number of ketones is 1. The number of halogens is 1. The Balaban J connectivity index is 3.92. The van der Waals surface area contributed by atoms with Crippen LogP contribution < -0.4 is 0 Å². The maximum atomic E-state index is 10.5. The van der Waals surface area contributed by atoms with Crippen LogP contribution >= 0.6 is 15.9 Å². The molecule has 0 heterocycles. The largest absolute Gasteiger partial charge is 0.459 e. The van der Waals surface area contributed by atoms with Gasteiger partial charge >= 0.3 is 11.8 Å². The highest BCUT2D eigenvalue weighted by Gasteiger charge is 2.10. The summed E-state index contributed by atoms with van der Waals surface area (Å²) in [5.74, 6) is 0.241. The third-order valence-electron chi connectivity index (χ3n) is 0.622. The molecule has 0 saturated carbocycles. The van der Waals surface area contributed by atoms with Crippen molar-refractivity contribution in [2.45, 2.75) is 6.92 Å². The molecule has 0 radical (unpaired) electrons. The first-order valence-electron chi connectivity index (χ1n) is 2.55. The first kappa shape index (κ1) is 9.18. The number of hydrogen-bond acceptors (Lipinski definition) is 3. The first-order valence-corrected chi connectivity index (χ1v) is 3.34. The summed E-state index contributed by atoms with van der Waals surface area (Å²) in [5.41, 5.74) is 0. The van der Waals surface area contributed by atoms with Crippen molar-refractivity contribution in [1.29, 1.82) is 0 Å². The number of esters is 1. The van der Waals surface area contributed by atoms with Gasteiger partial charge < -0.3 is 4.74 Å². The molecule has 0 aromatic rings. The molecule has 3 nitrogen and oxygen atoms in total.